The van der Waals surface area contributed by atoms with Crippen LogP contribution in [0.3, 0.4) is 0 Å². The van der Waals surface area contributed by atoms with Crippen molar-refractivity contribution in [3.05, 3.63) is 23.8 Å². The lowest BCUT2D eigenvalue weighted by Crippen LogP contribution is -2.38. The first-order chi connectivity index (χ1) is 16.5. The van der Waals surface area contributed by atoms with Gasteiger partial charge in [-0.25, -0.2) is 8.42 Å². The standard InChI is InChI=1S/C27H41NO5S/c29-27(12-7-17-34(30,31)24-10-5-2-6-11-24)28-23(18-21-8-3-1-4-9-21)19-22-13-14-25-26(20-22)33-16-15-32-25/h13-14,20-21,23-24H,1-12,15-19H2,(H,28,29). The van der Waals surface area contributed by atoms with Crippen LogP contribution in [0.1, 0.15) is 89.0 Å². The number of amides is 1. The van der Waals surface area contributed by atoms with Crippen molar-refractivity contribution in [3.63, 3.8) is 0 Å². The third-order valence-electron chi connectivity index (χ3n) is 7.69. The molecule has 0 radical (unpaired) electrons. The van der Waals surface area contributed by atoms with Crippen molar-refractivity contribution < 1.29 is 22.7 Å². The normalized spacial score (nSPS) is 20.6. The van der Waals surface area contributed by atoms with Crippen LogP contribution in [0.2, 0.25) is 0 Å². The van der Waals surface area contributed by atoms with E-state index in [2.05, 4.69) is 11.4 Å². The molecule has 1 aromatic rings. The molecule has 6 nitrogen and oxygen atoms in total. The van der Waals surface area contributed by atoms with E-state index in [1.165, 1.54) is 32.1 Å². The summed E-state index contributed by atoms with van der Waals surface area (Å²) in [6.45, 7) is 1.13. The van der Waals surface area contributed by atoms with Crippen molar-refractivity contribution >= 4 is 15.7 Å². The van der Waals surface area contributed by atoms with Gasteiger partial charge in [-0.05, 0) is 55.7 Å². The van der Waals surface area contributed by atoms with Gasteiger partial charge in [-0.3, -0.25) is 4.79 Å². The molecule has 0 bridgehead atoms. The molecule has 1 aliphatic heterocycles. The highest BCUT2D eigenvalue weighted by Crippen LogP contribution is 2.32. The zero-order chi connectivity index (χ0) is 23.8. The molecule has 3 aliphatic rings. The van der Waals surface area contributed by atoms with Crippen LogP contribution in [-0.4, -0.2) is 44.6 Å². The van der Waals surface area contributed by atoms with Gasteiger partial charge in [-0.2, -0.15) is 0 Å². The summed E-state index contributed by atoms with van der Waals surface area (Å²) in [5.74, 6) is 2.29. The molecule has 1 atom stereocenters. The average Bonchev–Trinajstić information content (AvgIpc) is 2.85. The number of ether oxygens (including phenoxy) is 2. The predicted molar refractivity (Wildman–Crippen MR) is 134 cm³/mol. The van der Waals surface area contributed by atoms with Gasteiger partial charge in [0.2, 0.25) is 5.91 Å². The van der Waals surface area contributed by atoms with Crippen molar-refractivity contribution in [2.24, 2.45) is 5.92 Å². The zero-order valence-electron chi connectivity index (χ0n) is 20.4. The number of benzene rings is 1. The lowest BCUT2D eigenvalue weighted by atomic mass is 9.83. The molecule has 1 heterocycles. The molecule has 0 aromatic heterocycles. The minimum atomic E-state index is -3.09. The minimum Gasteiger partial charge on any atom is -0.486 e. The van der Waals surface area contributed by atoms with Crippen molar-refractivity contribution in [2.75, 3.05) is 19.0 Å². The van der Waals surface area contributed by atoms with Crippen LogP contribution < -0.4 is 14.8 Å². The predicted octanol–water partition coefficient (Wildman–Crippen LogP) is 4.98. The van der Waals surface area contributed by atoms with E-state index >= 15 is 0 Å². The Morgan fingerprint density at radius 3 is 2.35 bits per heavy atom. The van der Waals surface area contributed by atoms with E-state index in [0.29, 0.717) is 25.6 Å². The Balaban J connectivity index is 1.32. The maximum Gasteiger partial charge on any atom is 0.220 e. The molecular weight excluding hydrogens is 450 g/mol. The number of carbonyl (C=O) groups excluding carboxylic acids is 1. The van der Waals surface area contributed by atoms with Gasteiger partial charge in [0.25, 0.3) is 0 Å². The Hall–Kier alpha value is -1.76. The zero-order valence-corrected chi connectivity index (χ0v) is 21.3. The third-order valence-corrected chi connectivity index (χ3v) is 10.0. The molecule has 34 heavy (non-hydrogen) atoms. The van der Waals surface area contributed by atoms with Crippen molar-refractivity contribution in [1.29, 1.82) is 0 Å². The number of rotatable bonds is 10. The Kier molecular flexibility index (Phi) is 9.15. The van der Waals surface area contributed by atoms with Gasteiger partial charge in [-0.15, -0.1) is 0 Å². The van der Waals surface area contributed by atoms with Gasteiger partial charge in [0, 0.05) is 12.5 Å². The quantitative estimate of drug-likeness (QED) is 0.499. The lowest BCUT2D eigenvalue weighted by molar-refractivity contribution is -0.121. The van der Waals surface area contributed by atoms with E-state index in [0.717, 1.165) is 62.0 Å². The van der Waals surface area contributed by atoms with Crippen LogP contribution in [0.15, 0.2) is 18.2 Å². The smallest absolute Gasteiger partial charge is 0.220 e. The summed E-state index contributed by atoms with van der Waals surface area (Å²) in [6, 6.07) is 6.10. The number of nitrogens with one attached hydrogen (secondary N) is 1. The molecule has 4 rings (SSSR count). The average molecular weight is 492 g/mol. The topological polar surface area (TPSA) is 81.7 Å². The van der Waals surface area contributed by atoms with Gasteiger partial charge in [-0.1, -0.05) is 57.4 Å². The fourth-order valence-corrected chi connectivity index (χ4v) is 7.77. The second kappa shape index (κ2) is 12.3. The van der Waals surface area contributed by atoms with E-state index in [1.807, 2.05) is 12.1 Å². The summed E-state index contributed by atoms with van der Waals surface area (Å²) < 4.78 is 36.7. The van der Waals surface area contributed by atoms with Gasteiger partial charge < -0.3 is 14.8 Å². The first-order valence-electron chi connectivity index (χ1n) is 13.4. The lowest BCUT2D eigenvalue weighted by Gasteiger charge is -2.28. The van der Waals surface area contributed by atoms with Crippen molar-refractivity contribution in [3.8, 4) is 11.5 Å². The number of carbonyl (C=O) groups is 1. The molecule has 1 unspecified atom stereocenters. The van der Waals surface area contributed by atoms with E-state index in [9.17, 15) is 13.2 Å². The van der Waals surface area contributed by atoms with E-state index < -0.39 is 9.84 Å². The van der Waals surface area contributed by atoms with Gasteiger partial charge in [0.15, 0.2) is 21.3 Å². The van der Waals surface area contributed by atoms with Crippen LogP contribution >= 0.6 is 0 Å². The van der Waals surface area contributed by atoms with E-state index in [-0.39, 0.29) is 29.4 Å². The highest BCUT2D eigenvalue weighted by atomic mass is 32.2. The Bertz CT molecular complexity index is 904. The summed E-state index contributed by atoms with van der Waals surface area (Å²) in [4.78, 5) is 12.8. The minimum absolute atomic E-state index is 0.0304. The van der Waals surface area contributed by atoms with Crippen LogP contribution in [0, 0.1) is 5.92 Å². The molecular formula is C27H41NO5S. The highest BCUT2D eigenvalue weighted by Gasteiger charge is 2.27. The van der Waals surface area contributed by atoms with Crippen LogP contribution in [0.5, 0.6) is 11.5 Å². The summed E-state index contributed by atoms with van der Waals surface area (Å²) in [5.41, 5.74) is 1.13. The monoisotopic (exact) mass is 491 g/mol. The molecule has 1 amide bonds. The maximum atomic E-state index is 12.8. The van der Waals surface area contributed by atoms with Gasteiger partial charge in [0.1, 0.15) is 13.2 Å². The number of hydrogen-bond acceptors (Lipinski definition) is 5. The Morgan fingerprint density at radius 1 is 0.941 bits per heavy atom. The molecule has 2 fully saturated rings. The number of sulfone groups is 1. The molecule has 190 valence electrons. The molecule has 1 aromatic carbocycles. The molecule has 2 aliphatic carbocycles. The second-order valence-electron chi connectivity index (χ2n) is 10.4. The fourth-order valence-electron chi connectivity index (χ4n) is 5.84. The first-order valence-corrected chi connectivity index (χ1v) is 15.1. The van der Waals surface area contributed by atoms with E-state index in [4.69, 9.17) is 9.47 Å². The Labute approximate surface area is 205 Å². The molecule has 0 spiro atoms. The van der Waals surface area contributed by atoms with Crippen LogP contribution in [0.25, 0.3) is 0 Å². The molecule has 0 saturated heterocycles. The summed E-state index contributed by atoms with van der Waals surface area (Å²) in [6.07, 6.45) is 13.4. The third kappa shape index (κ3) is 7.37. The number of hydrogen-bond donors (Lipinski definition) is 1. The summed E-state index contributed by atoms with van der Waals surface area (Å²) in [5, 5.41) is 3.06. The largest absolute Gasteiger partial charge is 0.486 e. The molecule has 2 saturated carbocycles. The van der Waals surface area contributed by atoms with Gasteiger partial charge in [0.05, 0.1) is 11.0 Å². The summed E-state index contributed by atoms with van der Waals surface area (Å²) in [7, 11) is -3.09. The van der Waals surface area contributed by atoms with Crippen molar-refractivity contribution in [2.45, 2.75) is 101 Å². The summed E-state index contributed by atoms with van der Waals surface area (Å²) >= 11 is 0. The maximum absolute atomic E-state index is 12.8. The Morgan fingerprint density at radius 2 is 1.62 bits per heavy atom. The van der Waals surface area contributed by atoms with Crippen molar-refractivity contribution in [1.82, 2.24) is 5.32 Å². The van der Waals surface area contributed by atoms with Crippen LogP contribution in [0.4, 0.5) is 0 Å². The SMILES string of the molecule is O=C(CCCS(=O)(=O)C1CCCCC1)NC(Cc1ccc2c(c1)OCCO2)CC1CCCCC1. The second-order valence-corrected chi connectivity index (χ2v) is 12.8. The van der Waals surface area contributed by atoms with Crippen LogP contribution in [-0.2, 0) is 21.1 Å². The number of fused-ring (bicyclic) bond motifs is 1. The van der Waals surface area contributed by atoms with Gasteiger partial charge >= 0.3 is 0 Å². The van der Waals surface area contributed by atoms with E-state index in [1.54, 1.807) is 0 Å². The fraction of sp³-hybridized carbons (Fsp3) is 0.741. The molecule has 7 heteroatoms. The highest BCUT2D eigenvalue weighted by molar-refractivity contribution is 7.92. The first kappa shape index (κ1) is 25.3. The molecule has 1 N–H and O–H groups in total.